The largest absolute Gasteiger partial charge is 0.271 e. The second-order valence-electron chi connectivity index (χ2n) is 2.42. The Balaban J connectivity index is 2.78. The maximum Gasteiger partial charge on any atom is 0.162 e. The van der Waals surface area contributed by atoms with Gasteiger partial charge >= 0.3 is 0 Å². The highest BCUT2D eigenvalue weighted by Crippen LogP contribution is 2.10. The van der Waals surface area contributed by atoms with Gasteiger partial charge in [0.25, 0.3) is 0 Å². The van der Waals surface area contributed by atoms with Crippen molar-refractivity contribution in [3.05, 3.63) is 35.4 Å². The number of benzene rings is 1. The molecule has 0 saturated carbocycles. The molecule has 0 atom stereocenters. The molecule has 0 fully saturated rings. The minimum Gasteiger partial charge on any atom is -0.271 e. The van der Waals surface area contributed by atoms with Crippen molar-refractivity contribution in [2.24, 2.45) is 5.84 Å². The van der Waals surface area contributed by atoms with Gasteiger partial charge < -0.3 is 0 Å². The zero-order valence-electron chi connectivity index (χ0n) is 6.48. The number of hydrazine groups is 1. The molecule has 0 radical (unpaired) electrons. The zero-order valence-corrected chi connectivity index (χ0v) is 6.48. The summed E-state index contributed by atoms with van der Waals surface area (Å²) in [7, 11) is 0. The van der Waals surface area contributed by atoms with E-state index >= 15 is 0 Å². The predicted molar refractivity (Wildman–Crippen MR) is 42.3 cm³/mol. The molecule has 2 nitrogen and oxygen atoms in total. The first-order valence-corrected chi connectivity index (χ1v) is 3.62. The summed E-state index contributed by atoms with van der Waals surface area (Å²) >= 11 is 0. The van der Waals surface area contributed by atoms with Gasteiger partial charge in [0.15, 0.2) is 11.6 Å². The molecule has 0 aliphatic carbocycles. The van der Waals surface area contributed by atoms with Gasteiger partial charge in [0.1, 0.15) is 0 Å². The third kappa shape index (κ3) is 1.99. The molecule has 4 heteroatoms. The van der Waals surface area contributed by atoms with Crippen LogP contribution in [0.15, 0.2) is 18.2 Å². The molecular formula is C8H10F2N2. The van der Waals surface area contributed by atoms with Crippen molar-refractivity contribution in [2.45, 2.75) is 6.42 Å². The first-order valence-electron chi connectivity index (χ1n) is 3.62. The van der Waals surface area contributed by atoms with E-state index in [-0.39, 0.29) is 0 Å². The van der Waals surface area contributed by atoms with Crippen LogP contribution in [0.2, 0.25) is 0 Å². The maximum absolute atomic E-state index is 12.9. The van der Waals surface area contributed by atoms with Crippen LogP contribution >= 0.6 is 0 Å². The highest BCUT2D eigenvalue weighted by Gasteiger charge is 2.05. The van der Waals surface area contributed by atoms with Gasteiger partial charge in [-0.25, -0.2) is 8.78 Å². The molecule has 1 aromatic rings. The Morgan fingerprint density at radius 2 is 2.08 bits per heavy atom. The van der Waals surface area contributed by atoms with Crippen LogP contribution in [-0.4, -0.2) is 6.54 Å². The number of nitrogens with one attached hydrogen (secondary N) is 1. The van der Waals surface area contributed by atoms with Crippen molar-refractivity contribution < 1.29 is 8.78 Å². The van der Waals surface area contributed by atoms with Crippen LogP contribution in [-0.2, 0) is 6.42 Å². The lowest BCUT2D eigenvalue weighted by Crippen LogP contribution is -2.24. The van der Waals surface area contributed by atoms with Crippen LogP contribution in [0.25, 0.3) is 0 Å². The Kier molecular flexibility index (Phi) is 3.13. The smallest absolute Gasteiger partial charge is 0.162 e. The van der Waals surface area contributed by atoms with Crippen molar-refractivity contribution in [3.8, 4) is 0 Å². The Hall–Kier alpha value is -1.00. The summed E-state index contributed by atoms with van der Waals surface area (Å²) in [5.74, 6) is 3.40. The summed E-state index contributed by atoms with van der Waals surface area (Å²) in [4.78, 5) is 0. The number of nitrogens with two attached hydrogens (primary N) is 1. The standard InChI is InChI=1S/C8H10F2N2/c9-7-3-1-2-6(8(7)10)4-5-12-11/h1-3,12H,4-5,11H2. The second kappa shape index (κ2) is 4.13. The molecule has 66 valence electrons. The third-order valence-corrected chi connectivity index (χ3v) is 1.57. The van der Waals surface area contributed by atoms with Gasteiger partial charge in [-0.3, -0.25) is 11.3 Å². The fraction of sp³-hybridized carbons (Fsp3) is 0.250. The average Bonchev–Trinajstić information content (AvgIpc) is 2.08. The summed E-state index contributed by atoms with van der Waals surface area (Å²) in [6.07, 6.45) is 0.389. The van der Waals surface area contributed by atoms with E-state index in [9.17, 15) is 8.78 Å². The van der Waals surface area contributed by atoms with Gasteiger partial charge in [-0.05, 0) is 18.1 Å². The fourth-order valence-electron chi connectivity index (χ4n) is 0.948. The lowest BCUT2D eigenvalue weighted by Gasteiger charge is -2.02. The van der Waals surface area contributed by atoms with E-state index < -0.39 is 11.6 Å². The van der Waals surface area contributed by atoms with E-state index in [1.807, 2.05) is 0 Å². The number of hydrogen-bond acceptors (Lipinski definition) is 2. The molecule has 0 spiro atoms. The molecule has 12 heavy (non-hydrogen) atoms. The normalized spacial score (nSPS) is 10.2. The van der Waals surface area contributed by atoms with E-state index in [2.05, 4.69) is 5.43 Å². The van der Waals surface area contributed by atoms with E-state index in [4.69, 9.17) is 5.84 Å². The Bertz CT molecular complexity index is 263. The molecule has 1 rings (SSSR count). The number of rotatable bonds is 3. The average molecular weight is 172 g/mol. The van der Waals surface area contributed by atoms with Gasteiger partial charge in [0.05, 0.1) is 0 Å². The molecule has 0 unspecified atom stereocenters. The monoisotopic (exact) mass is 172 g/mol. The van der Waals surface area contributed by atoms with E-state index in [0.29, 0.717) is 18.5 Å². The van der Waals surface area contributed by atoms with Crippen molar-refractivity contribution in [3.63, 3.8) is 0 Å². The van der Waals surface area contributed by atoms with Crippen LogP contribution in [0.1, 0.15) is 5.56 Å². The predicted octanol–water partition coefficient (Wildman–Crippen LogP) is 0.971. The molecular weight excluding hydrogens is 162 g/mol. The quantitative estimate of drug-likeness (QED) is 0.526. The lowest BCUT2D eigenvalue weighted by atomic mass is 10.1. The Labute approximate surface area is 69.4 Å². The minimum atomic E-state index is -0.815. The summed E-state index contributed by atoms with van der Waals surface area (Å²) < 4.78 is 25.5. The third-order valence-electron chi connectivity index (χ3n) is 1.57. The molecule has 0 aliphatic rings. The van der Waals surface area contributed by atoms with Gasteiger partial charge in [0.2, 0.25) is 0 Å². The summed E-state index contributed by atoms with van der Waals surface area (Å²) in [5.41, 5.74) is 2.71. The fourth-order valence-corrected chi connectivity index (χ4v) is 0.948. The van der Waals surface area contributed by atoms with Gasteiger partial charge in [0, 0.05) is 6.54 Å². The first kappa shape index (κ1) is 9.09. The molecule has 0 aliphatic heterocycles. The lowest BCUT2D eigenvalue weighted by molar-refractivity contribution is 0.497. The van der Waals surface area contributed by atoms with Crippen LogP contribution in [0.5, 0.6) is 0 Å². The first-order chi connectivity index (χ1) is 5.75. The molecule has 0 heterocycles. The molecule has 1 aromatic carbocycles. The Morgan fingerprint density at radius 1 is 1.33 bits per heavy atom. The summed E-state index contributed by atoms with van der Waals surface area (Å²) in [6, 6.07) is 4.11. The van der Waals surface area contributed by atoms with Crippen molar-refractivity contribution in [1.82, 2.24) is 5.43 Å². The van der Waals surface area contributed by atoms with E-state index in [1.165, 1.54) is 12.1 Å². The topological polar surface area (TPSA) is 38.0 Å². The summed E-state index contributed by atoms with van der Waals surface area (Å²) in [5, 5.41) is 0. The van der Waals surface area contributed by atoms with Gasteiger partial charge in [-0.1, -0.05) is 12.1 Å². The highest BCUT2D eigenvalue weighted by atomic mass is 19.2. The van der Waals surface area contributed by atoms with Crippen LogP contribution in [0.3, 0.4) is 0 Å². The summed E-state index contributed by atoms with van der Waals surface area (Å²) in [6.45, 7) is 0.431. The number of halogens is 2. The van der Waals surface area contributed by atoms with Crippen molar-refractivity contribution >= 4 is 0 Å². The maximum atomic E-state index is 12.9. The molecule has 0 bridgehead atoms. The molecule has 0 aromatic heterocycles. The van der Waals surface area contributed by atoms with Crippen LogP contribution in [0.4, 0.5) is 8.78 Å². The van der Waals surface area contributed by atoms with E-state index in [1.54, 1.807) is 0 Å². The van der Waals surface area contributed by atoms with Crippen LogP contribution in [0, 0.1) is 11.6 Å². The molecule has 0 amide bonds. The highest BCUT2D eigenvalue weighted by molar-refractivity contribution is 5.19. The Morgan fingerprint density at radius 3 is 2.75 bits per heavy atom. The van der Waals surface area contributed by atoms with Crippen molar-refractivity contribution in [2.75, 3.05) is 6.54 Å². The molecule has 3 N–H and O–H groups in total. The second-order valence-corrected chi connectivity index (χ2v) is 2.42. The molecule has 0 saturated heterocycles. The number of hydrogen-bond donors (Lipinski definition) is 2. The van der Waals surface area contributed by atoms with E-state index in [0.717, 1.165) is 6.07 Å². The van der Waals surface area contributed by atoms with Gasteiger partial charge in [-0.15, -0.1) is 0 Å². The zero-order chi connectivity index (χ0) is 8.97. The van der Waals surface area contributed by atoms with Gasteiger partial charge in [-0.2, -0.15) is 0 Å². The minimum absolute atomic E-state index is 0.341. The van der Waals surface area contributed by atoms with Crippen molar-refractivity contribution in [1.29, 1.82) is 0 Å². The van der Waals surface area contributed by atoms with Crippen LogP contribution < -0.4 is 11.3 Å². The SMILES string of the molecule is NNCCc1cccc(F)c1F.